The van der Waals surface area contributed by atoms with Gasteiger partial charge in [-0.3, -0.25) is 0 Å². The van der Waals surface area contributed by atoms with Gasteiger partial charge in [0.15, 0.2) is 0 Å². The number of aryl methyl sites for hydroxylation is 1. The molecule has 2 heterocycles. The van der Waals surface area contributed by atoms with Crippen LogP contribution in [0.1, 0.15) is 15.5 Å². The third-order valence-corrected chi connectivity index (χ3v) is 2.69. The largest absolute Gasteiger partial charge is 0.476 e. The van der Waals surface area contributed by atoms with Crippen molar-refractivity contribution in [3.8, 4) is 10.6 Å². The van der Waals surface area contributed by atoms with Crippen molar-refractivity contribution < 1.29 is 14.4 Å². The summed E-state index contributed by atoms with van der Waals surface area (Å²) in [4.78, 5) is 15.3. The molecule has 0 unspecified atom stereocenters. The summed E-state index contributed by atoms with van der Waals surface area (Å²) in [7, 11) is 0. The fourth-order valence-corrected chi connectivity index (χ4v) is 1.86. The molecule has 0 atom stereocenters. The monoisotopic (exact) mass is 225 g/mol. The highest BCUT2D eigenvalue weighted by atomic mass is 32.1. The normalized spacial score (nSPS) is 10.5. The molecule has 0 aliphatic carbocycles. The number of carboxylic acids is 1. The van der Waals surface area contributed by atoms with Crippen LogP contribution in [0.2, 0.25) is 0 Å². The van der Waals surface area contributed by atoms with Crippen LogP contribution < -0.4 is 5.73 Å². The van der Waals surface area contributed by atoms with E-state index in [1.54, 1.807) is 6.20 Å². The molecule has 0 saturated heterocycles. The Morgan fingerprint density at radius 3 is 2.87 bits per heavy atom. The zero-order chi connectivity index (χ0) is 11.0. The first-order valence-electron chi connectivity index (χ1n) is 4.01. The Labute approximate surface area is 88.3 Å². The molecule has 6 nitrogen and oxygen atoms in total. The molecule has 2 aromatic heterocycles. The molecule has 0 spiro atoms. The van der Waals surface area contributed by atoms with Crippen LogP contribution in [0.25, 0.3) is 10.6 Å². The SMILES string of the molecule is Cc1ncc(-c2onc(C(=O)O)c2N)s1. The molecule has 0 aliphatic rings. The molecule has 0 radical (unpaired) electrons. The van der Waals surface area contributed by atoms with Crippen LogP contribution in [0.5, 0.6) is 0 Å². The fourth-order valence-electron chi connectivity index (χ4n) is 1.10. The Balaban J connectivity index is 2.50. The number of anilines is 1. The Kier molecular flexibility index (Phi) is 2.16. The molecule has 78 valence electrons. The average molecular weight is 225 g/mol. The van der Waals surface area contributed by atoms with Crippen molar-refractivity contribution >= 4 is 23.0 Å². The van der Waals surface area contributed by atoms with Crippen LogP contribution in [-0.2, 0) is 0 Å². The smallest absolute Gasteiger partial charge is 0.360 e. The first-order valence-corrected chi connectivity index (χ1v) is 4.82. The van der Waals surface area contributed by atoms with E-state index >= 15 is 0 Å². The minimum atomic E-state index is -1.20. The van der Waals surface area contributed by atoms with E-state index in [1.807, 2.05) is 6.92 Å². The molecule has 7 heteroatoms. The standard InChI is InChI=1S/C8H7N3O3S/c1-3-10-2-4(15-3)7-5(9)6(8(12)13)11-14-7/h2H,9H2,1H3,(H,12,13). The summed E-state index contributed by atoms with van der Waals surface area (Å²) in [6.07, 6.45) is 1.57. The van der Waals surface area contributed by atoms with Crippen LogP contribution in [-0.4, -0.2) is 21.2 Å². The molecular weight excluding hydrogens is 218 g/mol. The Hall–Kier alpha value is -1.89. The van der Waals surface area contributed by atoms with Gasteiger partial charge in [-0.2, -0.15) is 0 Å². The van der Waals surface area contributed by atoms with Crippen molar-refractivity contribution in [2.45, 2.75) is 6.92 Å². The fraction of sp³-hybridized carbons (Fsp3) is 0.125. The minimum Gasteiger partial charge on any atom is -0.476 e. The van der Waals surface area contributed by atoms with Crippen LogP contribution in [0.15, 0.2) is 10.7 Å². The lowest BCUT2D eigenvalue weighted by atomic mass is 10.3. The molecule has 0 bridgehead atoms. The predicted octanol–water partition coefficient (Wildman–Crippen LogP) is 1.39. The van der Waals surface area contributed by atoms with Crippen LogP contribution >= 0.6 is 11.3 Å². The van der Waals surface area contributed by atoms with Crippen molar-refractivity contribution in [3.63, 3.8) is 0 Å². The second-order valence-electron chi connectivity index (χ2n) is 2.82. The van der Waals surface area contributed by atoms with Gasteiger partial charge in [0.1, 0.15) is 5.69 Å². The van der Waals surface area contributed by atoms with Gasteiger partial charge in [0.25, 0.3) is 0 Å². The predicted molar refractivity (Wildman–Crippen MR) is 53.7 cm³/mol. The van der Waals surface area contributed by atoms with E-state index in [9.17, 15) is 4.79 Å². The maximum Gasteiger partial charge on any atom is 0.360 e. The van der Waals surface area contributed by atoms with E-state index in [-0.39, 0.29) is 17.1 Å². The van der Waals surface area contributed by atoms with Gasteiger partial charge in [0.05, 0.1) is 9.88 Å². The maximum absolute atomic E-state index is 10.7. The molecule has 0 aliphatic heterocycles. The lowest BCUT2D eigenvalue weighted by molar-refractivity contribution is 0.0687. The molecule has 0 aromatic carbocycles. The molecule has 15 heavy (non-hydrogen) atoms. The Bertz CT molecular complexity index is 517. The number of nitrogen functional groups attached to an aromatic ring is 1. The van der Waals surface area contributed by atoms with Gasteiger partial charge < -0.3 is 15.4 Å². The summed E-state index contributed by atoms with van der Waals surface area (Å²) in [6.45, 7) is 1.83. The summed E-state index contributed by atoms with van der Waals surface area (Å²) < 4.78 is 4.87. The van der Waals surface area contributed by atoms with Gasteiger partial charge in [0, 0.05) is 6.20 Å². The number of carbonyl (C=O) groups is 1. The van der Waals surface area contributed by atoms with Gasteiger partial charge in [-0.25, -0.2) is 9.78 Å². The van der Waals surface area contributed by atoms with Gasteiger partial charge in [-0.1, -0.05) is 5.16 Å². The van der Waals surface area contributed by atoms with Crippen LogP contribution in [0.4, 0.5) is 5.69 Å². The van der Waals surface area contributed by atoms with E-state index in [2.05, 4.69) is 10.1 Å². The Morgan fingerprint density at radius 1 is 1.67 bits per heavy atom. The number of nitrogens with zero attached hydrogens (tertiary/aromatic N) is 2. The number of hydrogen-bond donors (Lipinski definition) is 2. The zero-order valence-electron chi connectivity index (χ0n) is 7.72. The molecule has 2 aromatic rings. The van der Waals surface area contributed by atoms with Gasteiger partial charge in [0.2, 0.25) is 11.5 Å². The zero-order valence-corrected chi connectivity index (χ0v) is 8.54. The number of rotatable bonds is 2. The van der Waals surface area contributed by atoms with Crippen molar-refractivity contribution in [1.29, 1.82) is 0 Å². The van der Waals surface area contributed by atoms with Gasteiger partial charge in [-0.15, -0.1) is 11.3 Å². The lowest BCUT2D eigenvalue weighted by Crippen LogP contribution is -2.00. The molecule has 0 amide bonds. The number of carboxylic acid groups (broad SMARTS) is 1. The first kappa shape index (κ1) is 9.66. The van der Waals surface area contributed by atoms with E-state index in [1.165, 1.54) is 11.3 Å². The quantitative estimate of drug-likeness (QED) is 0.800. The molecule has 3 N–H and O–H groups in total. The van der Waals surface area contributed by atoms with E-state index in [4.69, 9.17) is 15.4 Å². The maximum atomic E-state index is 10.7. The number of nitrogens with two attached hydrogens (primary N) is 1. The first-order chi connectivity index (χ1) is 7.09. The molecule has 0 fully saturated rings. The molecular formula is C8H7N3O3S. The number of aromatic carboxylic acids is 1. The topological polar surface area (TPSA) is 102 Å². The third-order valence-electron chi connectivity index (χ3n) is 1.78. The average Bonchev–Trinajstić information content (AvgIpc) is 2.71. The molecule has 2 rings (SSSR count). The summed E-state index contributed by atoms with van der Waals surface area (Å²) in [5.41, 5.74) is 5.35. The Morgan fingerprint density at radius 2 is 2.40 bits per heavy atom. The van der Waals surface area contributed by atoms with Crippen molar-refractivity contribution in [2.75, 3.05) is 5.73 Å². The van der Waals surface area contributed by atoms with E-state index in [0.717, 1.165) is 5.01 Å². The summed E-state index contributed by atoms with van der Waals surface area (Å²) in [5, 5.41) is 12.9. The third kappa shape index (κ3) is 1.57. The second-order valence-corrected chi connectivity index (χ2v) is 4.06. The summed E-state index contributed by atoms with van der Waals surface area (Å²) in [5.74, 6) is -0.943. The van der Waals surface area contributed by atoms with Crippen LogP contribution in [0.3, 0.4) is 0 Å². The second kappa shape index (κ2) is 3.35. The number of aromatic nitrogens is 2. The number of thiazole rings is 1. The highest BCUT2D eigenvalue weighted by Crippen LogP contribution is 2.32. The lowest BCUT2D eigenvalue weighted by Gasteiger charge is -1.90. The van der Waals surface area contributed by atoms with Crippen molar-refractivity contribution in [3.05, 3.63) is 16.9 Å². The highest BCUT2D eigenvalue weighted by Gasteiger charge is 2.21. The summed E-state index contributed by atoms with van der Waals surface area (Å²) in [6, 6.07) is 0. The van der Waals surface area contributed by atoms with Gasteiger partial charge in [-0.05, 0) is 6.92 Å². The van der Waals surface area contributed by atoms with Gasteiger partial charge >= 0.3 is 5.97 Å². The van der Waals surface area contributed by atoms with Crippen molar-refractivity contribution in [1.82, 2.24) is 10.1 Å². The van der Waals surface area contributed by atoms with Crippen LogP contribution in [0, 0.1) is 6.92 Å². The van der Waals surface area contributed by atoms with Crippen molar-refractivity contribution in [2.24, 2.45) is 0 Å². The minimum absolute atomic E-state index is 0.0335. The number of hydrogen-bond acceptors (Lipinski definition) is 6. The highest BCUT2D eigenvalue weighted by molar-refractivity contribution is 7.15. The molecule has 0 saturated carbocycles. The summed E-state index contributed by atoms with van der Waals surface area (Å²) >= 11 is 1.36. The van der Waals surface area contributed by atoms with E-state index < -0.39 is 5.97 Å². The van der Waals surface area contributed by atoms with E-state index in [0.29, 0.717) is 4.88 Å².